The van der Waals surface area contributed by atoms with Gasteiger partial charge in [0, 0.05) is 17.3 Å². The molecule has 1 atom stereocenters. The first-order chi connectivity index (χ1) is 19.3. The van der Waals surface area contributed by atoms with Crippen LogP contribution >= 0.6 is 0 Å². The average Bonchev–Trinajstić information content (AvgIpc) is 3.37. The van der Waals surface area contributed by atoms with Gasteiger partial charge >= 0.3 is 0 Å². The molecule has 2 amide bonds. The highest BCUT2D eigenvalue weighted by Crippen LogP contribution is 2.38. The molecule has 0 bridgehead atoms. The lowest BCUT2D eigenvalue weighted by molar-refractivity contribution is -0.128. The van der Waals surface area contributed by atoms with Crippen molar-refractivity contribution in [3.05, 3.63) is 72.3 Å². The third-order valence-electron chi connectivity index (χ3n) is 7.04. The molecular formula is C30H33N5O5. The van der Waals surface area contributed by atoms with E-state index in [0.717, 1.165) is 0 Å². The fourth-order valence-corrected chi connectivity index (χ4v) is 4.58. The van der Waals surface area contributed by atoms with E-state index < -0.39 is 11.6 Å². The Morgan fingerprint density at radius 1 is 1.05 bits per heavy atom. The third-order valence-corrected chi connectivity index (χ3v) is 7.04. The van der Waals surface area contributed by atoms with Crippen LogP contribution in [0.2, 0.25) is 0 Å². The highest BCUT2D eigenvalue weighted by atomic mass is 16.6. The van der Waals surface area contributed by atoms with E-state index in [9.17, 15) is 9.59 Å². The van der Waals surface area contributed by atoms with Crippen molar-refractivity contribution in [2.45, 2.75) is 45.3 Å². The van der Waals surface area contributed by atoms with E-state index in [1.165, 1.54) is 4.90 Å². The molecule has 5 rings (SSSR count). The zero-order valence-corrected chi connectivity index (χ0v) is 23.1. The minimum absolute atomic E-state index is 0.139. The van der Waals surface area contributed by atoms with E-state index in [4.69, 9.17) is 14.2 Å². The number of ether oxygens (including phenoxy) is 3. The summed E-state index contributed by atoms with van der Waals surface area (Å²) in [6.45, 7) is 6.59. The summed E-state index contributed by atoms with van der Waals surface area (Å²) in [5.41, 5.74) is 1.96. The highest BCUT2D eigenvalue weighted by Gasteiger charge is 2.36. The summed E-state index contributed by atoms with van der Waals surface area (Å²) in [5, 5.41) is 11.5. The minimum atomic E-state index is -1.02. The molecule has 1 aliphatic rings. The van der Waals surface area contributed by atoms with Crippen molar-refractivity contribution in [2.75, 3.05) is 25.2 Å². The molecule has 0 unspecified atom stereocenters. The number of hydrogen-bond acceptors (Lipinski definition) is 7. The summed E-state index contributed by atoms with van der Waals surface area (Å²) in [6.07, 6.45) is 0.701. The summed E-state index contributed by atoms with van der Waals surface area (Å²) in [5.74, 6) is 0.976. The van der Waals surface area contributed by atoms with Crippen molar-refractivity contribution in [2.24, 2.45) is 0 Å². The van der Waals surface area contributed by atoms with Gasteiger partial charge in [0.25, 0.3) is 0 Å². The van der Waals surface area contributed by atoms with Crippen LogP contribution in [0.15, 0.2) is 66.7 Å². The van der Waals surface area contributed by atoms with E-state index in [0.29, 0.717) is 59.2 Å². The van der Waals surface area contributed by atoms with Gasteiger partial charge in [-0.1, -0.05) is 36.4 Å². The molecular weight excluding hydrogens is 510 g/mol. The zero-order chi connectivity index (χ0) is 28.3. The molecule has 0 spiro atoms. The molecule has 0 aliphatic carbocycles. The molecule has 0 saturated carbocycles. The van der Waals surface area contributed by atoms with Crippen LogP contribution in [0.4, 0.5) is 5.69 Å². The lowest BCUT2D eigenvalue weighted by atomic mass is 9.98. The third kappa shape index (κ3) is 5.56. The van der Waals surface area contributed by atoms with Crippen molar-refractivity contribution in [1.82, 2.24) is 20.3 Å². The first-order valence-corrected chi connectivity index (χ1v) is 13.3. The average molecular weight is 544 g/mol. The lowest BCUT2D eigenvalue weighted by Crippen LogP contribution is -2.51. The van der Waals surface area contributed by atoms with E-state index in [1.807, 2.05) is 51.1 Å². The van der Waals surface area contributed by atoms with E-state index in [2.05, 4.69) is 15.6 Å². The highest BCUT2D eigenvalue weighted by molar-refractivity contribution is 6.02. The summed E-state index contributed by atoms with van der Waals surface area (Å²) < 4.78 is 18.5. The number of aromatic nitrogens is 3. The Morgan fingerprint density at radius 2 is 1.82 bits per heavy atom. The standard InChI is InChI=1S/C30H33N5O5/c1-5-30(2,3)31-29(37)28(20-9-8-10-22(17-20)38-4)35(21-13-14-25-26(18-21)40-16-15-39-25)27(36)19-34-24-12-7-6-11-23(24)32-33-34/h6-14,17-18,28H,5,15-16,19H2,1-4H3,(H,31,37)/t28-/m0/s1. The van der Waals surface area contributed by atoms with E-state index in [-0.39, 0.29) is 18.4 Å². The largest absolute Gasteiger partial charge is 0.497 e. The van der Waals surface area contributed by atoms with Crippen molar-refractivity contribution >= 4 is 28.5 Å². The van der Waals surface area contributed by atoms with Crippen molar-refractivity contribution in [1.29, 1.82) is 0 Å². The number of carbonyl (C=O) groups excluding carboxylic acids is 2. The number of anilines is 1. The van der Waals surface area contributed by atoms with Crippen LogP contribution in [0, 0.1) is 0 Å². The van der Waals surface area contributed by atoms with Crippen LogP contribution in [0.5, 0.6) is 17.2 Å². The molecule has 10 heteroatoms. The molecule has 208 valence electrons. The second-order valence-corrected chi connectivity index (χ2v) is 10.2. The van der Waals surface area contributed by atoms with Crippen molar-refractivity contribution in [3.8, 4) is 17.2 Å². The van der Waals surface area contributed by atoms with E-state index >= 15 is 0 Å². The SMILES string of the molecule is CCC(C)(C)NC(=O)[C@H](c1cccc(OC)c1)N(C(=O)Cn1nnc2ccccc21)c1ccc2c(c1)OCCO2. The Labute approximate surface area is 232 Å². The van der Waals surface area contributed by atoms with Gasteiger partial charge in [0.05, 0.1) is 12.6 Å². The molecule has 1 aromatic heterocycles. The number of nitrogens with one attached hydrogen (secondary N) is 1. The molecule has 40 heavy (non-hydrogen) atoms. The number of methoxy groups -OCH3 is 1. The van der Waals surface area contributed by atoms with Gasteiger partial charge in [-0.15, -0.1) is 5.10 Å². The predicted molar refractivity (Wildman–Crippen MR) is 151 cm³/mol. The fourth-order valence-electron chi connectivity index (χ4n) is 4.58. The quantitative estimate of drug-likeness (QED) is 0.336. The van der Waals surface area contributed by atoms with Gasteiger partial charge in [0.15, 0.2) is 11.5 Å². The van der Waals surface area contributed by atoms with Gasteiger partial charge in [0.2, 0.25) is 11.8 Å². The smallest absolute Gasteiger partial charge is 0.249 e. The number of rotatable bonds is 9. The van der Waals surface area contributed by atoms with Crippen molar-refractivity contribution < 1.29 is 23.8 Å². The molecule has 0 radical (unpaired) electrons. The maximum Gasteiger partial charge on any atom is 0.249 e. The van der Waals surface area contributed by atoms with Gasteiger partial charge in [-0.2, -0.15) is 0 Å². The predicted octanol–water partition coefficient (Wildman–Crippen LogP) is 4.29. The topological polar surface area (TPSA) is 108 Å². The lowest BCUT2D eigenvalue weighted by Gasteiger charge is -2.35. The number of nitrogens with zero attached hydrogens (tertiary/aromatic N) is 4. The molecule has 0 fully saturated rings. The van der Waals surface area contributed by atoms with Crippen LogP contribution in [0.25, 0.3) is 11.0 Å². The number of amides is 2. The first-order valence-electron chi connectivity index (χ1n) is 13.3. The Morgan fingerprint density at radius 3 is 2.60 bits per heavy atom. The maximum absolute atomic E-state index is 14.3. The Balaban J connectivity index is 1.64. The van der Waals surface area contributed by atoms with Gasteiger partial charge < -0.3 is 19.5 Å². The number of hydrogen-bond donors (Lipinski definition) is 1. The number of carbonyl (C=O) groups is 2. The second-order valence-electron chi connectivity index (χ2n) is 10.2. The Bertz CT molecular complexity index is 1530. The van der Waals surface area contributed by atoms with Crippen LogP contribution in [0.3, 0.4) is 0 Å². The Hall–Kier alpha value is -4.60. The summed E-state index contributed by atoms with van der Waals surface area (Å²) in [7, 11) is 1.56. The molecule has 10 nitrogen and oxygen atoms in total. The minimum Gasteiger partial charge on any atom is -0.497 e. The van der Waals surface area contributed by atoms with Gasteiger partial charge in [0.1, 0.15) is 37.1 Å². The number of benzene rings is 3. The van der Waals surface area contributed by atoms with Crippen LogP contribution in [0.1, 0.15) is 38.8 Å². The Kier molecular flexibility index (Phi) is 7.59. The second kappa shape index (κ2) is 11.3. The van der Waals surface area contributed by atoms with Crippen molar-refractivity contribution in [3.63, 3.8) is 0 Å². The zero-order valence-electron chi connectivity index (χ0n) is 23.1. The number of fused-ring (bicyclic) bond motifs is 2. The summed E-state index contributed by atoms with van der Waals surface area (Å²) in [6, 6.07) is 18.8. The summed E-state index contributed by atoms with van der Waals surface area (Å²) >= 11 is 0. The summed E-state index contributed by atoms with van der Waals surface area (Å²) in [4.78, 5) is 29.9. The molecule has 1 aliphatic heterocycles. The fraction of sp³-hybridized carbons (Fsp3) is 0.333. The van der Waals surface area contributed by atoms with Crippen LogP contribution in [-0.4, -0.2) is 52.7 Å². The first kappa shape index (κ1) is 27.0. The van der Waals surface area contributed by atoms with Gasteiger partial charge in [-0.3, -0.25) is 14.5 Å². The van der Waals surface area contributed by atoms with Gasteiger partial charge in [-0.05, 0) is 62.2 Å². The number of para-hydroxylation sites is 1. The molecule has 2 heterocycles. The van der Waals surface area contributed by atoms with Crippen LogP contribution < -0.4 is 24.4 Å². The van der Waals surface area contributed by atoms with E-state index in [1.54, 1.807) is 48.2 Å². The molecule has 3 aromatic carbocycles. The molecule has 4 aromatic rings. The molecule has 1 N–H and O–H groups in total. The van der Waals surface area contributed by atoms with Crippen LogP contribution in [-0.2, 0) is 16.1 Å². The molecule has 0 saturated heterocycles. The van der Waals surface area contributed by atoms with Gasteiger partial charge in [-0.25, -0.2) is 4.68 Å². The normalized spacial score (nSPS) is 13.5. The maximum atomic E-state index is 14.3. The monoisotopic (exact) mass is 543 g/mol.